The number of carbonyl (C=O) groups excluding carboxylic acids is 1. The number of hydrogen-bond acceptors (Lipinski definition) is 3. The molecule has 24 heavy (non-hydrogen) atoms. The molecule has 3 aromatic rings. The van der Waals surface area contributed by atoms with Crippen molar-refractivity contribution >= 4 is 23.3 Å². The minimum Gasteiger partial charge on any atom is -0.497 e. The summed E-state index contributed by atoms with van der Waals surface area (Å²) in [4.78, 5) is 12.5. The Hall–Kier alpha value is -2.79. The minimum absolute atomic E-state index is 0.260. The van der Waals surface area contributed by atoms with E-state index < -0.39 is 0 Å². The van der Waals surface area contributed by atoms with Gasteiger partial charge in [-0.3, -0.25) is 9.89 Å². The molecule has 5 nitrogen and oxygen atoms in total. The van der Waals surface area contributed by atoms with Gasteiger partial charge in [-0.1, -0.05) is 29.8 Å². The van der Waals surface area contributed by atoms with Gasteiger partial charge in [0.05, 0.1) is 7.11 Å². The van der Waals surface area contributed by atoms with Crippen molar-refractivity contribution in [1.29, 1.82) is 0 Å². The van der Waals surface area contributed by atoms with Gasteiger partial charge in [-0.25, -0.2) is 0 Å². The van der Waals surface area contributed by atoms with Crippen molar-refractivity contribution in [2.24, 2.45) is 0 Å². The summed E-state index contributed by atoms with van der Waals surface area (Å²) in [5.74, 6) is 0.821. The first-order valence-electron chi connectivity index (χ1n) is 7.35. The molecule has 0 fully saturated rings. The normalized spacial score (nSPS) is 10.5. The third-order valence-corrected chi connectivity index (χ3v) is 3.86. The summed E-state index contributed by atoms with van der Waals surface area (Å²) in [5, 5.41) is 10.6. The van der Waals surface area contributed by atoms with Gasteiger partial charge in [-0.2, -0.15) is 5.10 Å². The molecule has 2 aromatic carbocycles. The van der Waals surface area contributed by atoms with E-state index in [1.807, 2.05) is 25.1 Å². The summed E-state index contributed by atoms with van der Waals surface area (Å²) >= 11 is 6.07. The van der Waals surface area contributed by atoms with Crippen molar-refractivity contribution in [2.45, 2.75) is 6.92 Å². The SMILES string of the molecule is COc1cccc(C(=O)Nc2n[nH]c(C)c2-c2cccc(Cl)c2)c1. The molecule has 0 atom stereocenters. The highest BCUT2D eigenvalue weighted by atomic mass is 35.5. The van der Waals surface area contributed by atoms with E-state index in [9.17, 15) is 4.79 Å². The van der Waals surface area contributed by atoms with E-state index in [2.05, 4.69) is 15.5 Å². The molecule has 2 N–H and O–H groups in total. The molecule has 0 spiro atoms. The summed E-state index contributed by atoms with van der Waals surface area (Å²) < 4.78 is 5.15. The highest BCUT2D eigenvalue weighted by molar-refractivity contribution is 6.30. The Morgan fingerprint density at radius 3 is 2.75 bits per heavy atom. The van der Waals surface area contributed by atoms with Crippen LogP contribution in [0.3, 0.4) is 0 Å². The van der Waals surface area contributed by atoms with Gasteiger partial charge in [-0.15, -0.1) is 0 Å². The maximum atomic E-state index is 12.5. The van der Waals surface area contributed by atoms with Crippen LogP contribution >= 0.6 is 11.6 Å². The monoisotopic (exact) mass is 341 g/mol. The summed E-state index contributed by atoms with van der Waals surface area (Å²) in [6.45, 7) is 1.89. The molecule has 0 saturated heterocycles. The highest BCUT2D eigenvalue weighted by Crippen LogP contribution is 2.31. The predicted octanol–water partition coefficient (Wildman–Crippen LogP) is 4.30. The second-order valence-corrected chi connectivity index (χ2v) is 5.71. The minimum atomic E-state index is -0.260. The number of nitrogens with zero attached hydrogens (tertiary/aromatic N) is 1. The first-order chi connectivity index (χ1) is 11.6. The fourth-order valence-corrected chi connectivity index (χ4v) is 2.65. The van der Waals surface area contributed by atoms with E-state index >= 15 is 0 Å². The van der Waals surface area contributed by atoms with E-state index in [0.29, 0.717) is 22.2 Å². The molecule has 1 heterocycles. The lowest BCUT2D eigenvalue weighted by molar-refractivity contribution is 0.102. The summed E-state index contributed by atoms with van der Waals surface area (Å²) in [6.07, 6.45) is 0. The average Bonchev–Trinajstić information content (AvgIpc) is 2.95. The lowest BCUT2D eigenvalue weighted by Crippen LogP contribution is -2.13. The number of aryl methyl sites for hydroxylation is 1. The number of ether oxygens (including phenoxy) is 1. The maximum absolute atomic E-state index is 12.5. The number of aromatic amines is 1. The van der Waals surface area contributed by atoms with Crippen LogP contribution in [0.4, 0.5) is 5.82 Å². The zero-order valence-corrected chi connectivity index (χ0v) is 14.0. The van der Waals surface area contributed by atoms with Crippen LogP contribution in [0.15, 0.2) is 48.5 Å². The third kappa shape index (κ3) is 3.26. The number of aromatic nitrogens is 2. The highest BCUT2D eigenvalue weighted by Gasteiger charge is 2.16. The molecule has 1 aromatic heterocycles. The molecule has 122 valence electrons. The maximum Gasteiger partial charge on any atom is 0.257 e. The molecular weight excluding hydrogens is 326 g/mol. The number of amides is 1. The number of hydrogen-bond donors (Lipinski definition) is 2. The number of nitrogens with one attached hydrogen (secondary N) is 2. The largest absolute Gasteiger partial charge is 0.497 e. The molecule has 1 amide bonds. The predicted molar refractivity (Wildman–Crippen MR) is 94.7 cm³/mol. The van der Waals surface area contributed by atoms with Crippen LogP contribution in [0, 0.1) is 6.92 Å². The molecule has 0 unspecified atom stereocenters. The molecule has 0 aliphatic rings. The number of benzene rings is 2. The van der Waals surface area contributed by atoms with Crippen molar-refractivity contribution in [1.82, 2.24) is 10.2 Å². The van der Waals surface area contributed by atoms with Gasteiger partial charge in [0, 0.05) is 21.8 Å². The summed E-state index contributed by atoms with van der Waals surface area (Å²) in [6, 6.07) is 14.4. The van der Waals surface area contributed by atoms with Gasteiger partial charge in [0.25, 0.3) is 5.91 Å². The fourth-order valence-electron chi connectivity index (χ4n) is 2.46. The number of H-pyrrole nitrogens is 1. The zero-order valence-electron chi connectivity index (χ0n) is 13.3. The average molecular weight is 342 g/mol. The van der Waals surface area contributed by atoms with Gasteiger partial charge in [0.15, 0.2) is 5.82 Å². The number of anilines is 1. The molecule has 0 aliphatic carbocycles. The molecule has 0 saturated carbocycles. The first-order valence-corrected chi connectivity index (χ1v) is 7.72. The van der Waals surface area contributed by atoms with Gasteiger partial charge < -0.3 is 10.1 Å². The molecule has 3 rings (SSSR count). The molecule has 0 aliphatic heterocycles. The second kappa shape index (κ2) is 6.76. The Morgan fingerprint density at radius 2 is 2.00 bits per heavy atom. The Labute approximate surface area is 144 Å². The van der Waals surface area contributed by atoms with Gasteiger partial charge in [0.1, 0.15) is 5.75 Å². The number of rotatable bonds is 4. The van der Waals surface area contributed by atoms with Crippen molar-refractivity contribution in [3.8, 4) is 16.9 Å². The van der Waals surface area contributed by atoms with Crippen LogP contribution < -0.4 is 10.1 Å². The van der Waals surface area contributed by atoms with Gasteiger partial charge in [-0.05, 0) is 42.8 Å². The van der Waals surface area contributed by atoms with E-state index in [1.165, 1.54) is 0 Å². The lowest BCUT2D eigenvalue weighted by Gasteiger charge is -2.08. The quantitative estimate of drug-likeness (QED) is 0.743. The van der Waals surface area contributed by atoms with Crippen LogP contribution in [0.25, 0.3) is 11.1 Å². The van der Waals surface area contributed by atoms with E-state index in [-0.39, 0.29) is 5.91 Å². The summed E-state index contributed by atoms with van der Waals surface area (Å²) in [7, 11) is 1.56. The Morgan fingerprint density at radius 1 is 1.21 bits per heavy atom. The third-order valence-electron chi connectivity index (χ3n) is 3.62. The molecule has 0 radical (unpaired) electrons. The second-order valence-electron chi connectivity index (χ2n) is 5.27. The number of carbonyl (C=O) groups is 1. The van der Waals surface area contributed by atoms with Crippen molar-refractivity contribution in [2.75, 3.05) is 12.4 Å². The van der Waals surface area contributed by atoms with Crippen LogP contribution in [-0.4, -0.2) is 23.2 Å². The van der Waals surface area contributed by atoms with E-state index in [0.717, 1.165) is 16.8 Å². The van der Waals surface area contributed by atoms with Gasteiger partial charge >= 0.3 is 0 Å². The van der Waals surface area contributed by atoms with Crippen LogP contribution in [0.5, 0.6) is 5.75 Å². The van der Waals surface area contributed by atoms with Crippen molar-refractivity contribution < 1.29 is 9.53 Å². The number of halogens is 1. The van der Waals surface area contributed by atoms with Crippen molar-refractivity contribution in [3.05, 3.63) is 64.8 Å². The van der Waals surface area contributed by atoms with Crippen LogP contribution in [0.1, 0.15) is 16.1 Å². The Kier molecular flexibility index (Phi) is 4.53. The first kappa shape index (κ1) is 16.1. The smallest absolute Gasteiger partial charge is 0.257 e. The van der Waals surface area contributed by atoms with Crippen LogP contribution in [-0.2, 0) is 0 Å². The Bertz CT molecular complexity index is 889. The molecule has 6 heteroatoms. The standard InChI is InChI=1S/C18H16ClN3O2/c1-11-16(12-5-3-7-14(19)9-12)17(22-21-11)20-18(23)13-6-4-8-15(10-13)24-2/h3-10H,1-2H3,(H2,20,21,22,23). The van der Waals surface area contributed by atoms with Crippen molar-refractivity contribution in [3.63, 3.8) is 0 Å². The zero-order chi connectivity index (χ0) is 17.1. The van der Waals surface area contributed by atoms with Gasteiger partial charge in [0.2, 0.25) is 0 Å². The van der Waals surface area contributed by atoms with Crippen LogP contribution in [0.2, 0.25) is 5.02 Å². The molecule has 0 bridgehead atoms. The molecular formula is C18H16ClN3O2. The number of methoxy groups -OCH3 is 1. The lowest BCUT2D eigenvalue weighted by atomic mass is 10.1. The Balaban J connectivity index is 1.92. The topological polar surface area (TPSA) is 67.0 Å². The van der Waals surface area contributed by atoms with E-state index in [1.54, 1.807) is 37.4 Å². The fraction of sp³-hybridized carbons (Fsp3) is 0.111. The van der Waals surface area contributed by atoms with E-state index in [4.69, 9.17) is 16.3 Å². The summed E-state index contributed by atoms with van der Waals surface area (Å²) in [5.41, 5.74) is 3.04.